The molecule has 4 aliphatic heterocycles. The first kappa shape index (κ1) is 43.5. The number of hydrogen-bond acceptors (Lipinski definition) is 8. The number of aliphatic hydroxyl groups excluding tert-OH is 1. The van der Waals surface area contributed by atoms with Gasteiger partial charge in [0.05, 0.1) is 53.2 Å². The van der Waals surface area contributed by atoms with Gasteiger partial charge in [0.1, 0.15) is 11.3 Å². The van der Waals surface area contributed by atoms with Crippen LogP contribution in [0.2, 0.25) is 18.6 Å². The van der Waals surface area contributed by atoms with Crippen molar-refractivity contribution in [1.82, 2.24) is 10.2 Å². The molecule has 2 N–H and O–H groups in total. The highest BCUT2D eigenvalue weighted by Crippen LogP contribution is 2.60. The summed E-state index contributed by atoms with van der Waals surface area (Å²) in [4.78, 5) is 52.1. The molecule has 332 valence electrons. The molecule has 4 aliphatic rings. The highest BCUT2D eigenvalue weighted by atomic mass is 28.3. The molecule has 0 aliphatic carbocycles. The number of anilines is 3. The lowest BCUT2D eigenvalue weighted by atomic mass is 9.82. The number of hydrogen-bond donors (Lipinski definition) is 2. The number of para-hydroxylation sites is 2. The van der Waals surface area contributed by atoms with E-state index in [4.69, 9.17) is 9.47 Å². The Morgan fingerprint density at radius 2 is 1.48 bits per heavy atom. The van der Waals surface area contributed by atoms with Gasteiger partial charge in [0, 0.05) is 35.9 Å². The lowest BCUT2D eigenvalue weighted by molar-refractivity contribution is -0.150. The highest BCUT2D eigenvalue weighted by molar-refractivity contribution is 6.91. The van der Waals surface area contributed by atoms with E-state index in [9.17, 15) is 14.7 Å². The molecule has 12 heteroatoms. The number of benzene rings is 5. The van der Waals surface area contributed by atoms with Gasteiger partial charge in [-0.15, -0.1) is 0 Å². The SMILES string of the molecule is COc1ccc([Si](C)(C)[C@H]2[C@H](CC(=O)N(CCO)Cc3ccccc3)O[C@@]3(C(=O)N(Cc4ccc(N5CN(c6ccccc6)C6(CCNCC6)C5=O)cc4)c4ccccc43)[C@@H]2C)cc1. The van der Waals surface area contributed by atoms with Crippen LogP contribution in [0, 0.1) is 5.92 Å². The van der Waals surface area contributed by atoms with Crippen LogP contribution in [0.1, 0.15) is 42.9 Å². The molecule has 0 aromatic heterocycles. The summed E-state index contributed by atoms with van der Waals surface area (Å²) in [6.45, 7) is 9.48. The maximum atomic E-state index is 15.5. The van der Waals surface area contributed by atoms with Crippen molar-refractivity contribution in [3.63, 3.8) is 0 Å². The first-order valence-electron chi connectivity index (χ1n) is 22.6. The summed E-state index contributed by atoms with van der Waals surface area (Å²) in [6, 6.07) is 44.2. The van der Waals surface area contributed by atoms with Gasteiger partial charge in [0.25, 0.3) is 11.8 Å². The molecule has 0 saturated carbocycles. The zero-order chi connectivity index (χ0) is 44.6. The van der Waals surface area contributed by atoms with Crippen molar-refractivity contribution in [2.24, 2.45) is 5.92 Å². The highest BCUT2D eigenvalue weighted by Gasteiger charge is 2.66. The third kappa shape index (κ3) is 7.49. The van der Waals surface area contributed by atoms with Crippen LogP contribution in [-0.4, -0.2) is 87.5 Å². The van der Waals surface area contributed by atoms with Gasteiger partial charge in [0.15, 0.2) is 5.60 Å². The molecule has 0 bridgehead atoms. The molecule has 3 amide bonds. The van der Waals surface area contributed by atoms with Crippen LogP contribution in [-0.2, 0) is 37.8 Å². The van der Waals surface area contributed by atoms with Gasteiger partial charge >= 0.3 is 0 Å². The van der Waals surface area contributed by atoms with Crippen molar-refractivity contribution in [2.75, 3.05) is 54.7 Å². The molecule has 3 fully saturated rings. The second-order valence-electron chi connectivity index (χ2n) is 18.4. The van der Waals surface area contributed by atoms with Gasteiger partial charge in [-0.3, -0.25) is 19.3 Å². The Balaban J connectivity index is 1.02. The van der Waals surface area contributed by atoms with E-state index in [1.54, 1.807) is 12.0 Å². The van der Waals surface area contributed by atoms with Gasteiger partial charge in [-0.2, -0.15) is 0 Å². The second-order valence-corrected chi connectivity index (χ2v) is 23.1. The predicted octanol–water partition coefficient (Wildman–Crippen LogP) is 6.80. The lowest BCUT2D eigenvalue weighted by Crippen LogP contribution is -2.55. The van der Waals surface area contributed by atoms with E-state index in [2.05, 4.69) is 54.5 Å². The molecule has 0 radical (unpaired) electrons. The van der Waals surface area contributed by atoms with Crippen molar-refractivity contribution in [3.8, 4) is 5.75 Å². The van der Waals surface area contributed by atoms with Crippen LogP contribution in [0.15, 0.2) is 133 Å². The second kappa shape index (κ2) is 17.6. The molecule has 2 spiro atoms. The van der Waals surface area contributed by atoms with E-state index in [1.807, 2.05) is 119 Å². The number of carbonyl (C=O) groups excluding carboxylic acids is 3. The molecule has 5 aromatic carbocycles. The normalized spacial score (nSPS) is 22.7. The summed E-state index contributed by atoms with van der Waals surface area (Å²) in [5.41, 5.74) is 3.32. The molecule has 64 heavy (non-hydrogen) atoms. The minimum absolute atomic E-state index is 0.0712. The summed E-state index contributed by atoms with van der Waals surface area (Å²) in [6.07, 6.45) is 0.967. The fourth-order valence-electron chi connectivity index (χ4n) is 11.3. The molecule has 0 unspecified atom stereocenters. The minimum Gasteiger partial charge on any atom is -0.497 e. The number of rotatable bonds is 13. The fraction of sp³-hybridized carbons (Fsp3) is 0.365. The van der Waals surface area contributed by atoms with E-state index in [-0.39, 0.29) is 48.8 Å². The molecule has 4 atom stereocenters. The molecule has 3 saturated heterocycles. The fourth-order valence-corrected chi connectivity index (χ4v) is 15.3. The summed E-state index contributed by atoms with van der Waals surface area (Å²) in [5.74, 6) is 0.339. The Morgan fingerprint density at radius 1 is 0.828 bits per heavy atom. The number of ether oxygens (including phenoxy) is 2. The number of nitrogens with one attached hydrogen (secondary N) is 1. The van der Waals surface area contributed by atoms with E-state index in [0.717, 1.165) is 65.4 Å². The minimum atomic E-state index is -2.52. The largest absolute Gasteiger partial charge is 0.497 e. The van der Waals surface area contributed by atoms with Crippen molar-refractivity contribution in [2.45, 2.75) is 75.2 Å². The number of piperidine rings is 1. The van der Waals surface area contributed by atoms with Crippen molar-refractivity contribution >= 4 is 48.0 Å². The van der Waals surface area contributed by atoms with Crippen LogP contribution >= 0.6 is 0 Å². The van der Waals surface area contributed by atoms with E-state index in [1.165, 1.54) is 5.19 Å². The van der Waals surface area contributed by atoms with Gasteiger partial charge < -0.3 is 34.6 Å². The van der Waals surface area contributed by atoms with Gasteiger partial charge in [-0.25, -0.2) is 0 Å². The van der Waals surface area contributed by atoms with Gasteiger partial charge in [-0.1, -0.05) is 116 Å². The predicted molar refractivity (Wildman–Crippen MR) is 253 cm³/mol. The maximum Gasteiger partial charge on any atom is 0.264 e. The number of nitrogens with zero attached hydrogens (tertiary/aromatic N) is 4. The van der Waals surface area contributed by atoms with Gasteiger partial charge in [-0.05, 0) is 85.1 Å². The maximum absolute atomic E-state index is 15.5. The Morgan fingerprint density at radius 3 is 2.16 bits per heavy atom. The van der Waals surface area contributed by atoms with Crippen LogP contribution < -0.4 is 29.9 Å². The Labute approximate surface area is 377 Å². The Bertz CT molecular complexity index is 2460. The Kier molecular flexibility index (Phi) is 12.0. The monoisotopic (exact) mass is 877 g/mol. The van der Waals surface area contributed by atoms with Crippen LogP contribution in [0.4, 0.5) is 17.1 Å². The van der Waals surface area contributed by atoms with Crippen molar-refractivity contribution in [1.29, 1.82) is 0 Å². The first-order valence-corrected chi connectivity index (χ1v) is 25.7. The molecule has 5 aromatic rings. The van der Waals surface area contributed by atoms with E-state index < -0.39 is 25.3 Å². The zero-order valence-corrected chi connectivity index (χ0v) is 38.3. The van der Waals surface area contributed by atoms with Crippen LogP contribution in [0.25, 0.3) is 0 Å². The Hall–Kier alpha value is -5.79. The van der Waals surface area contributed by atoms with Gasteiger partial charge in [0.2, 0.25) is 5.91 Å². The third-order valence-corrected chi connectivity index (χ3v) is 18.9. The van der Waals surface area contributed by atoms with Crippen molar-refractivity contribution in [3.05, 3.63) is 150 Å². The van der Waals surface area contributed by atoms with E-state index in [0.29, 0.717) is 19.8 Å². The number of carbonyl (C=O) groups is 3. The average molecular weight is 878 g/mol. The molecule has 4 heterocycles. The standard InChI is InChI=1S/C52H59N5O6Si/c1-37-48(64(3,4)43-25-23-42(62-2)24-26-43)46(33-47(59)54(31-32-58)34-38-13-7-5-8-14-38)63-52(37)44-17-11-12-18-45(44)55(50(52)61)35-39-19-21-40(22-20-39)56-36-57(41-15-9-6-10-16-41)51(49(56)60)27-29-53-30-28-51/h5-26,37,46,48,53,58H,27-36H2,1-4H3/t37-,46+,48-,52+/m1/s1. The topological polar surface area (TPSA) is 115 Å². The quantitative estimate of drug-likeness (QED) is 0.124. The molecule has 11 nitrogen and oxygen atoms in total. The zero-order valence-electron chi connectivity index (χ0n) is 37.3. The first-order chi connectivity index (χ1) is 31.0. The number of amides is 3. The van der Waals surface area contributed by atoms with Crippen LogP contribution in [0.3, 0.4) is 0 Å². The molecular weight excluding hydrogens is 819 g/mol. The van der Waals surface area contributed by atoms with Crippen molar-refractivity contribution < 1.29 is 29.0 Å². The average Bonchev–Trinajstić information content (AvgIpc) is 3.87. The summed E-state index contributed by atoms with van der Waals surface area (Å²) >= 11 is 0. The molecule has 9 rings (SSSR count). The number of aliphatic hydroxyl groups is 1. The smallest absolute Gasteiger partial charge is 0.264 e. The molecular formula is C52H59N5O6Si. The van der Waals surface area contributed by atoms with E-state index >= 15 is 4.79 Å². The summed E-state index contributed by atoms with van der Waals surface area (Å²) < 4.78 is 12.8. The third-order valence-electron chi connectivity index (χ3n) is 14.6. The number of methoxy groups -OCH3 is 1. The van der Waals surface area contributed by atoms with Crippen LogP contribution in [0.5, 0.6) is 5.75 Å². The summed E-state index contributed by atoms with van der Waals surface area (Å²) in [7, 11) is -0.863. The summed E-state index contributed by atoms with van der Waals surface area (Å²) in [5, 5.41) is 14.7. The number of fused-ring (bicyclic) bond motifs is 2. The lowest BCUT2D eigenvalue weighted by Gasteiger charge is -2.39.